The molecule has 2 aromatic carbocycles. The molecule has 0 radical (unpaired) electrons. The van der Waals surface area contributed by atoms with Gasteiger partial charge in [0, 0.05) is 18.7 Å². The molecule has 1 atom stereocenters. The van der Waals surface area contributed by atoms with Crippen LogP contribution < -0.4 is 5.32 Å². The van der Waals surface area contributed by atoms with Gasteiger partial charge in [0.15, 0.2) is 0 Å². The highest BCUT2D eigenvalue weighted by atomic mass is 19.1. The second-order valence-electron chi connectivity index (χ2n) is 4.59. The fourth-order valence-electron chi connectivity index (χ4n) is 1.97. The summed E-state index contributed by atoms with van der Waals surface area (Å²) in [5.41, 5.74) is 1.44. The average molecular weight is 274 g/mol. The number of halogens is 1. The van der Waals surface area contributed by atoms with Gasteiger partial charge in [-0.25, -0.2) is 4.39 Å². The lowest BCUT2D eigenvalue weighted by molar-refractivity contribution is -0.385. The molecular weight excluding hydrogens is 259 g/mol. The first-order valence-corrected chi connectivity index (χ1v) is 6.28. The Bertz CT molecular complexity index is 602. The Morgan fingerprint density at radius 3 is 2.60 bits per heavy atom. The first kappa shape index (κ1) is 14.1. The minimum Gasteiger partial charge on any atom is -0.306 e. The van der Waals surface area contributed by atoms with E-state index in [1.54, 1.807) is 0 Å². The number of nitro benzene ring substituents is 1. The topological polar surface area (TPSA) is 55.2 Å². The molecule has 0 amide bonds. The summed E-state index contributed by atoms with van der Waals surface area (Å²) in [6.45, 7) is 2.36. The molecule has 2 aromatic rings. The van der Waals surface area contributed by atoms with Crippen molar-refractivity contribution >= 4 is 5.69 Å². The molecule has 0 fully saturated rings. The monoisotopic (exact) mass is 274 g/mol. The highest BCUT2D eigenvalue weighted by Gasteiger charge is 2.11. The van der Waals surface area contributed by atoms with Crippen molar-refractivity contribution in [2.75, 3.05) is 0 Å². The fraction of sp³-hybridized carbons (Fsp3) is 0.200. The molecule has 0 bridgehead atoms. The highest BCUT2D eigenvalue weighted by molar-refractivity contribution is 5.35. The van der Waals surface area contributed by atoms with E-state index < -0.39 is 10.7 Å². The van der Waals surface area contributed by atoms with Crippen LogP contribution in [0.25, 0.3) is 0 Å². The number of benzene rings is 2. The summed E-state index contributed by atoms with van der Waals surface area (Å²) in [6, 6.07) is 13.5. The normalized spacial score (nSPS) is 12.1. The minimum absolute atomic E-state index is 0.0820. The average Bonchev–Trinajstić information content (AvgIpc) is 2.45. The lowest BCUT2D eigenvalue weighted by Gasteiger charge is -2.14. The van der Waals surface area contributed by atoms with Crippen LogP contribution in [0.4, 0.5) is 10.1 Å². The summed E-state index contributed by atoms with van der Waals surface area (Å²) < 4.78 is 13.3. The summed E-state index contributed by atoms with van der Waals surface area (Å²) in [7, 11) is 0. The second kappa shape index (κ2) is 6.25. The fourth-order valence-corrected chi connectivity index (χ4v) is 1.97. The Hall–Kier alpha value is -2.27. The number of hydrogen-bond acceptors (Lipinski definition) is 3. The van der Waals surface area contributed by atoms with E-state index in [0.29, 0.717) is 12.1 Å². The number of hydrogen-bond donors (Lipinski definition) is 1. The number of nitrogens with one attached hydrogen (secondary N) is 1. The Morgan fingerprint density at radius 1 is 1.25 bits per heavy atom. The van der Waals surface area contributed by atoms with E-state index in [4.69, 9.17) is 0 Å². The standard InChI is InChI=1S/C15H15FN2O2/c1-11(13-5-3-2-4-6-13)17-10-12-7-14(16)9-15(8-12)18(19)20/h2-9,11,17H,10H2,1H3/t11-/m0/s1. The van der Waals surface area contributed by atoms with Crippen molar-refractivity contribution in [2.24, 2.45) is 0 Å². The number of rotatable bonds is 5. The van der Waals surface area contributed by atoms with Crippen LogP contribution in [-0.2, 0) is 6.54 Å². The van der Waals surface area contributed by atoms with E-state index in [0.717, 1.165) is 11.6 Å². The molecule has 0 saturated carbocycles. The minimum atomic E-state index is -0.594. The molecule has 0 heterocycles. The number of nitro groups is 1. The largest absolute Gasteiger partial charge is 0.306 e. The Labute approximate surface area is 116 Å². The lowest BCUT2D eigenvalue weighted by atomic mass is 10.1. The van der Waals surface area contributed by atoms with Gasteiger partial charge < -0.3 is 5.32 Å². The first-order chi connectivity index (χ1) is 9.56. The third-order valence-corrected chi connectivity index (χ3v) is 3.07. The maximum Gasteiger partial charge on any atom is 0.272 e. The highest BCUT2D eigenvalue weighted by Crippen LogP contribution is 2.18. The van der Waals surface area contributed by atoms with E-state index >= 15 is 0 Å². The molecular formula is C15H15FN2O2. The van der Waals surface area contributed by atoms with Crippen molar-refractivity contribution in [1.82, 2.24) is 5.32 Å². The summed E-state index contributed by atoms with van der Waals surface area (Å²) >= 11 is 0. The summed E-state index contributed by atoms with van der Waals surface area (Å²) in [4.78, 5) is 10.1. The molecule has 0 aliphatic heterocycles. The van der Waals surface area contributed by atoms with E-state index in [2.05, 4.69) is 5.32 Å². The Kier molecular flexibility index (Phi) is 4.42. The van der Waals surface area contributed by atoms with Crippen LogP contribution in [0, 0.1) is 15.9 Å². The molecule has 5 heteroatoms. The zero-order chi connectivity index (χ0) is 14.5. The zero-order valence-electron chi connectivity index (χ0n) is 11.0. The summed E-state index contributed by atoms with van der Waals surface area (Å²) in [5, 5.41) is 13.9. The van der Waals surface area contributed by atoms with E-state index in [1.165, 1.54) is 12.1 Å². The van der Waals surface area contributed by atoms with Crippen molar-refractivity contribution in [3.8, 4) is 0 Å². The van der Waals surface area contributed by atoms with Crippen LogP contribution in [0.5, 0.6) is 0 Å². The van der Waals surface area contributed by atoms with Crippen LogP contribution in [0.15, 0.2) is 48.5 Å². The molecule has 1 N–H and O–H groups in total. The quantitative estimate of drug-likeness (QED) is 0.669. The zero-order valence-corrected chi connectivity index (χ0v) is 11.0. The Morgan fingerprint density at radius 2 is 1.95 bits per heavy atom. The molecule has 4 nitrogen and oxygen atoms in total. The first-order valence-electron chi connectivity index (χ1n) is 6.28. The molecule has 0 aliphatic rings. The van der Waals surface area contributed by atoms with Crippen LogP contribution in [0.2, 0.25) is 0 Å². The molecule has 0 aromatic heterocycles. The molecule has 2 rings (SSSR count). The second-order valence-corrected chi connectivity index (χ2v) is 4.59. The smallest absolute Gasteiger partial charge is 0.272 e. The summed E-state index contributed by atoms with van der Waals surface area (Å²) in [6.07, 6.45) is 0. The van der Waals surface area contributed by atoms with Gasteiger partial charge in [-0.2, -0.15) is 0 Å². The number of nitrogens with zero attached hydrogens (tertiary/aromatic N) is 1. The van der Waals surface area contributed by atoms with E-state index in [1.807, 2.05) is 37.3 Å². The van der Waals surface area contributed by atoms with Crippen molar-refractivity contribution in [3.05, 3.63) is 75.6 Å². The molecule has 20 heavy (non-hydrogen) atoms. The molecule has 0 spiro atoms. The van der Waals surface area contributed by atoms with Gasteiger partial charge in [-0.15, -0.1) is 0 Å². The molecule has 0 unspecified atom stereocenters. The maximum atomic E-state index is 13.3. The van der Waals surface area contributed by atoms with Gasteiger partial charge in [0.1, 0.15) is 5.82 Å². The van der Waals surface area contributed by atoms with Crippen molar-refractivity contribution in [3.63, 3.8) is 0 Å². The predicted octanol–water partition coefficient (Wildman–Crippen LogP) is 3.58. The SMILES string of the molecule is C[C@H](NCc1cc(F)cc([N+](=O)[O-])c1)c1ccccc1. The van der Waals surface area contributed by atoms with E-state index in [-0.39, 0.29) is 11.7 Å². The summed E-state index contributed by atoms with van der Waals surface area (Å²) in [5.74, 6) is -0.594. The van der Waals surface area contributed by atoms with Crippen LogP contribution in [0.3, 0.4) is 0 Å². The van der Waals surface area contributed by atoms with Crippen molar-refractivity contribution in [1.29, 1.82) is 0 Å². The molecule has 0 saturated heterocycles. The van der Waals surface area contributed by atoms with Gasteiger partial charge in [-0.3, -0.25) is 10.1 Å². The van der Waals surface area contributed by atoms with Gasteiger partial charge in [0.25, 0.3) is 5.69 Å². The van der Waals surface area contributed by atoms with E-state index in [9.17, 15) is 14.5 Å². The third kappa shape index (κ3) is 3.61. The van der Waals surface area contributed by atoms with Crippen LogP contribution in [-0.4, -0.2) is 4.92 Å². The molecule has 104 valence electrons. The maximum absolute atomic E-state index is 13.3. The van der Waals surface area contributed by atoms with Gasteiger partial charge in [-0.1, -0.05) is 30.3 Å². The lowest BCUT2D eigenvalue weighted by Crippen LogP contribution is -2.18. The van der Waals surface area contributed by atoms with Crippen molar-refractivity contribution < 1.29 is 9.31 Å². The van der Waals surface area contributed by atoms with Crippen molar-refractivity contribution in [2.45, 2.75) is 19.5 Å². The third-order valence-electron chi connectivity index (χ3n) is 3.07. The van der Waals surface area contributed by atoms with Gasteiger partial charge >= 0.3 is 0 Å². The van der Waals surface area contributed by atoms with Gasteiger partial charge in [0.05, 0.1) is 11.0 Å². The van der Waals surface area contributed by atoms with Gasteiger partial charge in [-0.05, 0) is 24.1 Å². The number of non-ortho nitro benzene ring substituents is 1. The van der Waals surface area contributed by atoms with Gasteiger partial charge in [0.2, 0.25) is 0 Å². The van der Waals surface area contributed by atoms with Crippen LogP contribution in [0.1, 0.15) is 24.1 Å². The predicted molar refractivity (Wildman–Crippen MR) is 74.8 cm³/mol. The van der Waals surface area contributed by atoms with Crippen LogP contribution >= 0.6 is 0 Å². The Balaban J connectivity index is 2.06. The molecule has 0 aliphatic carbocycles.